The number of benzene rings is 2. The number of aromatic hydroxyl groups is 1. The van der Waals surface area contributed by atoms with Gasteiger partial charge in [0.1, 0.15) is 11.6 Å². The highest BCUT2D eigenvalue weighted by atomic mass is 16.5. The largest absolute Gasteiger partial charge is 0.504 e. The second-order valence-corrected chi connectivity index (χ2v) is 6.64. The number of aryl methyl sites for hydroxylation is 1. The van der Waals surface area contributed by atoms with Crippen molar-refractivity contribution in [2.45, 2.75) is 19.8 Å². The average molecular weight is 388 g/mol. The molecule has 1 aromatic heterocycles. The minimum Gasteiger partial charge on any atom is -0.504 e. The molecule has 1 aliphatic heterocycles. The lowest BCUT2D eigenvalue weighted by Gasteiger charge is -2.25. The molecular weight excluding hydrogens is 368 g/mol. The summed E-state index contributed by atoms with van der Waals surface area (Å²) in [5.41, 5.74) is 9.48. The quantitative estimate of drug-likeness (QED) is 0.708. The van der Waals surface area contributed by atoms with E-state index in [1.807, 2.05) is 44.2 Å². The molecular formula is C22H20N4O3. The van der Waals surface area contributed by atoms with Gasteiger partial charge in [0.25, 0.3) is 0 Å². The normalized spacial score (nSPS) is 15.4. The number of phenols is 1. The van der Waals surface area contributed by atoms with Crippen LogP contribution in [0.2, 0.25) is 0 Å². The van der Waals surface area contributed by atoms with Crippen LogP contribution in [0.15, 0.2) is 60.0 Å². The van der Waals surface area contributed by atoms with E-state index in [9.17, 15) is 10.4 Å². The van der Waals surface area contributed by atoms with Gasteiger partial charge >= 0.3 is 0 Å². The van der Waals surface area contributed by atoms with Gasteiger partial charge in [-0.05, 0) is 43.7 Å². The van der Waals surface area contributed by atoms with Gasteiger partial charge in [-0.15, -0.1) is 0 Å². The van der Waals surface area contributed by atoms with E-state index in [1.54, 1.807) is 22.9 Å². The fraction of sp³-hybridized carbons (Fsp3) is 0.182. The first-order valence-electron chi connectivity index (χ1n) is 9.23. The minimum atomic E-state index is -0.485. The second-order valence-electron chi connectivity index (χ2n) is 6.64. The molecule has 7 heteroatoms. The smallest absolute Gasteiger partial charge is 0.229 e. The maximum atomic E-state index is 10.1. The van der Waals surface area contributed by atoms with Crippen molar-refractivity contribution in [3.05, 3.63) is 76.8 Å². The molecule has 0 spiro atoms. The van der Waals surface area contributed by atoms with Gasteiger partial charge in [-0.3, -0.25) is 0 Å². The molecule has 4 rings (SSSR count). The van der Waals surface area contributed by atoms with Gasteiger partial charge in [0.15, 0.2) is 11.5 Å². The summed E-state index contributed by atoms with van der Waals surface area (Å²) in [6.07, 6.45) is 0. The van der Waals surface area contributed by atoms with Crippen LogP contribution < -0.4 is 15.2 Å². The van der Waals surface area contributed by atoms with E-state index in [2.05, 4.69) is 11.2 Å². The Morgan fingerprint density at radius 3 is 2.72 bits per heavy atom. The Kier molecular flexibility index (Phi) is 4.61. The van der Waals surface area contributed by atoms with Gasteiger partial charge < -0.3 is 20.3 Å². The van der Waals surface area contributed by atoms with E-state index in [4.69, 9.17) is 15.2 Å². The summed E-state index contributed by atoms with van der Waals surface area (Å²) in [5, 5.41) is 24.5. The third kappa shape index (κ3) is 3.05. The molecule has 2 heterocycles. The summed E-state index contributed by atoms with van der Waals surface area (Å²) < 4.78 is 13.1. The highest BCUT2D eigenvalue weighted by Crippen LogP contribution is 2.46. The van der Waals surface area contributed by atoms with E-state index in [0.717, 1.165) is 22.5 Å². The molecule has 29 heavy (non-hydrogen) atoms. The maximum absolute atomic E-state index is 10.1. The fourth-order valence-corrected chi connectivity index (χ4v) is 3.57. The zero-order chi connectivity index (χ0) is 20.5. The van der Waals surface area contributed by atoms with Crippen LogP contribution >= 0.6 is 0 Å². The summed E-state index contributed by atoms with van der Waals surface area (Å²) in [5.74, 6) is 0.410. The SMILES string of the molecule is CCOc1cc([C@H]2C(C#N)=C(N)Oc3c2c(C)nn3-c2ccccc2)ccc1O. The van der Waals surface area contributed by atoms with Crippen molar-refractivity contribution in [3.63, 3.8) is 0 Å². The van der Waals surface area contributed by atoms with Gasteiger partial charge in [-0.1, -0.05) is 24.3 Å². The number of hydrogen-bond donors (Lipinski definition) is 2. The second kappa shape index (κ2) is 7.24. The Balaban J connectivity index is 1.93. The van der Waals surface area contributed by atoms with Crippen LogP contribution in [0.25, 0.3) is 5.69 Å². The average Bonchev–Trinajstić information content (AvgIpc) is 3.05. The van der Waals surface area contributed by atoms with Crippen LogP contribution in [-0.2, 0) is 0 Å². The van der Waals surface area contributed by atoms with Crippen molar-refractivity contribution < 1.29 is 14.6 Å². The summed E-state index contributed by atoms with van der Waals surface area (Å²) in [7, 11) is 0. The van der Waals surface area contributed by atoms with Crippen LogP contribution in [0.3, 0.4) is 0 Å². The van der Waals surface area contributed by atoms with Gasteiger partial charge in [-0.2, -0.15) is 10.4 Å². The highest BCUT2D eigenvalue weighted by Gasteiger charge is 2.36. The molecule has 0 aliphatic carbocycles. The third-order valence-corrected chi connectivity index (χ3v) is 4.85. The number of nitriles is 1. The molecule has 7 nitrogen and oxygen atoms in total. The van der Waals surface area contributed by atoms with Crippen molar-refractivity contribution in [2.24, 2.45) is 5.73 Å². The first kappa shape index (κ1) is 18.4. The lowest BCUT2D eigenvalue weighted by atomic mass is 9.84. The summed E-state index contributed by atoms with van der Waals surface area (Å²) in [6, 6.07) is 16.8. The third-order valence-electron chi connectivity index (χ3n) is 4.85. The van der Waals surface area contributed by atoms with Crippen LogP contribution in [0.4, 0.5) is 0 Å². The standard InChI is InChI=1S/C22H20N4O3/c1-3-28-18-11-14(9-10-17(18)27)20-16(12-23)21(24)29-22-19(20)13(2)25-26(22)15-7-5-4-6-8-15/h4-11,20,27H,3,24H2,1-2H3/t20-/m0/s1. The van der Waals surface area contributed by atoms with Gasteiger partial charge in [-0.25, -0.2) is 4.68 Å². The number of aromatic nitrogens is 2. The van der Waals surface area contributed by atoms with Crippen LogP contribution in [0, 0.1) is 18.3 Å². The molecule has 0 amide bonds. The van der Waals surface area contributed by atoms with Crippen LogP contribution in [-0.4, -0.2) is 21.5 Å². The number of phenolic OH excluding ortho intramolecular Hbond substituents is 1. The van der Waals surface area contributed by atoms with Crippen molar-refractivity contribution in [1.29, 1.82) is 5.26 Å². The van der Waals surface area contributed by atoms with Gasteiger partial charge in [0.05, 0.1) is 29.5 Å². The van der Waals surface area contributed by atoms with E-state index in [1.165, 1.54) is 0 Å². The molecule has 0 unspecified atom stereocenters. The number of ether oxygens (including phenoxy) is 2. The molecule has 2 aromatic carbocycles. The minimum absolute atomic E-state index is 0.0353. The molecule has 3 N–H and O–H groups in total. The predicted octanol–water partition coefficient (Wildman–Crippen LogP) is 3.50. The molecule has 146 valence electrons. The summed E-state index contributed by atoms with van der Waals surface area (Å²) in [6.45, 7) is 4.12. The Bertz CT molecular complexity index is 1140. The van der Waals surface area contributed by atoms with Crippen LogP contribution in [0.5, 0.6) is 17.4 Å². The zero-order valence-corrected chi connectivity index (χ0v) is 16.1. The van der Waals surface area contributed by atoms with E-state index in [-0.39, 0.29) is 11.6 Å². The number of nitrogens with two attached hydrogens (primary N) is 1. The maximum Gasteiger partial charge on any atom is 0.229 e. The topological polar surface area (TPSA) is 106 Å². The predicted molar refractivity (Wildman–Crippen MR) is 107 cm³/mol. The zero-order valence-electron chi connectivity index (χ0n) is 16.1. The molecule has 3 aromatic rings. The van der Waals surface area contributed by atoms with Gasteiger partial charge in [0.2, 0.25) is 11.8 Å². The van der Waals surface area contributed by atoms with Crippen LogP contribution in [0.1, 0.15) is 29.7 Å². The molecule has 1 atom stereocenters. The van der Waals surface area contributed by atoms with Gasteiger partial charge in [0, 0.05) is 0 Å². The highest BCUT2D eigenvalue weighted by molar-refractivity contribution is 5.58. The van der Waals surface area contributed by atoms with E-state index >= 15 is 0 Å². The Hall–Kier alpha value is -3.92. The number of fused-ring (bicyclic) bond motifs is 1. The first-order chi connectivity index (χ1) is 14.0. The van der Waals surface area contributed by atoms with E-state index in [0.29, 0.717) is 23.8 Å². The summed E-state index contributed by atoms with van der Waals surface area (Å²) >= 11 is 0. The first-order valence-corrected chi connectivity index (χ1v) is 9.23. The number of nitrogens with zero attached hydrogens (tertiary/aromatic N) is 3. The summed E-state index contributed by atoms with van der Waals surface area (Å²) in [4.78, 5) is 0. The fourth-order valence-electron chi connectivity index (χ4n) is 3.57. The molecule has 0 saturated carbocycles. The Morgan fingerprint density at radius 1 is 1.28 bits per heavy atom. The van der Waals surface area contributed by atoms with Crippen molar-refractivity contribution >= 4 is 0 Å². The lowest BCUT2D eigenvalue weighted by Crippen LogP contribution is -2.22. The Morgan fingerprint density at radius 2 is 2.03 bits per heavy atom. The molecule has 0 radical (unpaired) electrons. The number of allylic oxidation sites excluding steroid dienone is 1. The van der Waals surface area contributed by atoms with Crippen molar-refractivity contribution in [2.75, 3.05) is 6.61 Å². The molecule has 0 saturated heterocycles. The monoisotopic (exact) mass is 388 g/mol. The Labute approximate surface area is 168 Å². The number of hydrogen-bond acceptors (Lipinski definition) is 6. The molecule has 0 fully saturated rings. The van der Waals surface area contributed by atoms with Crippen molar-refractivity contribution in [1.82, 2.24) is 9.78 Å². The number of para-hydroxylation sites is 1. The van der Waals surface area contributed by atoms with Crippen molar-refractivity contribution in [3.8, 4) is 29.1 Å². The lowest BCUT2D eigenvalue weighted by molar-refractivity contribution is 0.317. The van der Waals surface area contributed by atoms with E-state index < -0.39 is 5.92 Å². The molecule has 0 bridgehead atoms. The number of rotatable bonds is 4. The molecule has 1 aliphatic rings.